The molecule has 8 aromatic rings. The SMILES string of the molecule is CC(C)(C)c1ccc(N(c2ccc(C(C)(C)C)cc2)c2ccc3c(c2)C(C)(C)c2cc(-n4c5ccccc5c5ccccc54)c4ccccc4c2-3)cc1. The molecule has 0 bridgehead atoms. The van der Waals surface area contributed by atoms with E-state index >= 15 is 0 Å². The van der Waals surface area contributed by atoms with Crippen LogP contribution in [0.5, 0.6) is 0 Å². The first-order valence-corrected chi connectivity index (χ1v) is 19.0. The van der Waals surface area contributed by atoms with E-state index in [0.717, 1.165) is 11.4 Å². The van der Waals surface area contributed by atoms with Gasteiger partial charge < -0.3 is 9.47 Å². The molecule has 0 radical (unpaired) electrons. The Hall–Kier alpha value is -5.60. The van der Waals surface area contributed by atoms with Gasteiger partial charge in [0.15, 0.2) is 0 Å². The van der Waals surface area contributed by atoms with Crippen molar-refractivity contribution >= 4 is 49.6 Å². The third kappa shape index (κ3) is 5.22. The fourth-order valence-corrected chi connectivity index (χ4v) is 8.73. The first kappa shape index (κ1) is 33.3. The van der Waals surface area contributed by atoms with Crippen LogP contribution in [0, 0.1) is 0 Å². The number of nitrogens with zero attached hydrogens (tertiary/aromatic N) is 2. The molecular weight excluding hydrogens is 641 g/mol. The lowest BCUT2D eigenvalue weighted by molar-refractivity contribution is 0.590. The molecule has 2 nitrogen and oxygen atoms in total. The third-order valence-electron chi connectivity index (χ3n) is 11.7. The van der Waals surface area contributed by atoms with Crippen LogP contribution in [0.4, 0.5) is 17.1 Å². The van der Waals surface area contributed by atoms with Gasteiger partial charge in [-0.2, -0.15) is 0 Å². The zero-order chi connectivity index (χ0) is 36.9. The highest BCUT2D eigenvalue weighted by Gasteiger charge is 2.38. The van der Waals surface area contributed by atoms with Crippen LogP contribution in [0.25, 0.3) is 49.4 Å². The normalized spacial score (nSPS) is 13.8. The molecule has 7 aromatic carbocycles. The zero-order valence-electron chi connectivity index (χ0n) is 32.3. The second kappa shape index (κ2) is 11.7. The van der Waals surface area contributed by atoms with Crippen LogP contribution in [0.15, 0.2) is 146 Å². The first-order chi connectivity index (χ1) is 25.3. The summed E-state index contributed by atoms with van der Waals surface area (Å²) in [5, 5.41) is 5.14. The van der Waals surface area contributed by atoms with E-state index in [1.54, 1.807) is 0 Å². The van der Waals surface area contributed by atoms with Crippen molar-refractivity contribution in [3.8, 4) is 16.8 Å². The van der Waals surface area contributed by atoms with Crippen molar-refractivity contribution in [2.75, 3.05) is 4.90 Å². The van der Waals surface area contributed by atoms with Crippen molar-refractivity contribution < 1.29 is 0 Å². The number of fused-ring (bicyclic) bond motifs is 8. The number of hydrogen-bond acceptors (Lipinski definition) is 1. The standard InChI is InChI=1S/C51H48N2/c1-49(2,3)33-21-25-35(26-22-33)52(36-27-23-34(24-28-36)50(4,5)6)37-29-30-42-43(31-37)51(7,8)44-32-47(40-17-9-10-18-41(40)48(42)44)53-45-19-13-11-15-38(45)39-16-12-14-20-46(39)53/h9-32H,1-8H3. The molecule has 0 amide bonds. The van der Waals surface area contributed by atoms with Crippen LogP contribution in [0.3, 0.4) is 0 Å². The smallest absolute Gasteiger partial charge is 0.0544 e. The van der Waals surface area contributed by atoms with Crippen molar-refractivity contribution in [3.05, 3.63) is 168 Å². The highest BCUT2D eigenvalue weighted by molar-refractivity contribution is 6.12. The van der Waals surface area contributed by atoms with Gasteiger partial charge in [-0.15, -0.1) is 0 Å². The number of hydrogen-bond donors (Lipinski definition) is 0. The minimum Gasteiger partial charge on any atom is -0.310 e. The molecule has 0 fully saturated rings. The fourth-order valence-electron chi connectivity index (χ4n) is 8.73. The van der Waals surface area contributed by atoms with E-state index in [1.807, 2.05) is 0 Å². The van der Waals surface area contributed by atoms with Crippen molar-refractivity contribution in [1.29, 1.82) is 0 Å². The Morgan fingerprint density at radius 2 is 0.906 bits per heavy atom. The summed E-state index contributed by atoms with van der Waals surface area (Å²) < 4.78 is 2.49. The number of para-hydroxylation sites is 2. The summed E-state index contributed by atoms with van der Waals surface area (Å²) in [6.45, 7) is 18.5. The van der Waals surface area contributed by atoms with Crippen molar-refractivity contribution in [3.63, 3.8) is 0 Å². The maximum Gasteiger partial charge on any atom is 0.0544 e. The van der Waals surface area contributed by atoms with Crippen LogP contribution in [0.2, 0.25) is 0 Å². The van der Waals surface area contributed by atoms with Gasteiger partial charge in [0.25, 0.3) is 0 Å². The Morgan fingerprint density at radius 1 is 0.453 bits per heavy atom. The molecule has 1 aromatic heterocycles. The van der Waals surface area contributed by atoms with E-state index in [1.165, 1.54) is 77.3 Å². The van der Waals surface area contributed by atoms with E-state index in [4.69, 9.17) is 0 Å². The maximum atomic E-state index is 2.49. The second-order valence-electron chi connectivity index (χ2n) is 17.5. The Balaban J connectivity index is 1.24. The Kier molecular flexibility index (Phi) is 7.34. The maximum absolute atomic E-state index is 2.49. The molecule has 0 atom stereocenters. The van der Waals surface area contributed by atoms with E-state index in [9.17, 15) is 0 Å². The molecule has 0 spiro atoms. The molecule has 1 heterocycles. The summed E-state index contributed by atoms with van der Waals surface area (Å²) in [4.78, 5) is 2.43. The van der Waals surface area contributed by atoms with Gasteiger partial charge in [-0.05, 0) is 104 Å². The topological polar surface area (TPSA) is 8.17 Å². The van der Waals surface area contributed by atoms with Crippen molar-refractivity contribution in [2.24, 2.45) is 0 Å². The van der Waals surface area contributed by atoms with E-state index < -0.39 is 0 Å². The molecule has 2 heteroatoms. The summed E-state index contributed by atoms with van der Waals surface area (Å²) >= 11 is 0. The van der Waals surface area contributed by atoms with Crippen LogP contribution in [0.1, 0.15) is 77.6 Å². The predicted octanol–water partition coefficient (Wildman–Crippen LogP) is 14.3. The highest BCUT2D eigenvalue weighted by Crippen LogP contribution is 2.54. The first-order valence-electron chi connectivity index (χ1n) is 19.0. The molecule has 0 N–H and O–H groups in total. The van der Waals surface area contributed by atoms with Crippen LogP contribution in [-0.2, 0) is 16.2 Å². The average molecular weight is 689 g/mol. The summed E-state index contributed by atoms with van der Waals surface area (Å²) in [5.41, 5.74) is 15.2. The Morgan fingerprint density at radius 3 is 1.42 bits per heavy atom. The van der Waals surface area contributed by atoms with Crippen LogP contribution < -0.4 is 4.90 Å². The van der Waals surface area contributed by atoms with Gasteiger partial charge in [-0.25, -0.2) is 0 Å². The summed E-state index contributed by atoms with van der Waals surface area (Å²) in [5.74, 6) is 0. The molecular formula is C51H48N2. The quantitative estimate of drug-likeness (QED) is 0.179. The third-order valence-corrected chi connectivity index (χ3v) is 11.7. The zero-order valence-corrected chi connectivity index (χ0v) is 32.3. The fraction of sp³-hybridized carbons (Fsp3) is 0.216. The molecule has 1 aliphatic rings. The number of rotatable bonds is 4. The Labute approximate surface area is 314 Å². The monoisotopic (exact) mass is 688 g/mol. The minimum absolute atomic E-state index is 0.0853. The lowest BCUT2D eigenvalue weighted by atomic mass is 9.81. The van der Waals surface area contributed by atoms with E-state index in [0.29, 0.717) is 0 Å². The van der Waals surface area contributed by atoms with Gasteiger partial charge in [0.1, 0.15) is 0 Å². The molecule has 0 unspecified atom stereocenters. The van der Waals surface area contributed by atoms with Gasteiger partial charge in [0.05, 0.1) is 16.7 Å². The molecule has 0 aliphatic heterocycles. The van der Waals surface area contributed by atoms with Gasteiger partial charge >= 0.3 is 0 Å². The number of anilines is 3. The van der Waals surface area contributed by atoms with Crippen molar-refractivity contribution in [1.82, 2.24) is 4.57 Å². The van der Waals surface area contributed by atoms with Gasteiger partial charge in [-0.1, -0.05) is 146 Å². The van der Waals surface area contributed by atoms with E-state index in [-0.39, 0.29) is 16.2 Å². The van der Waals surface area contributed by atoms with Crippen LogP contribution in [-0.4, -0.2) is 4.57 Å². The molecule has 0 saturated carbocycles. The molecule has 9 rings (SSSR count). The van der Waals surface area contributed by atoms with Gasteiger partial charge in [0, 0.05) is 38.6 Å². The largest absolute Gasteiger partial charge is 0.310 e. The molecule has 1 aliphatic carbocycles. The summed E-state index contributed by atoms with van der Waals surface area (Å²) in [6, 6.07) is 54.7. The van der Waals surface area contributed by atoms with Gasteiger partial charge in [-0.3, -0.25) is 0 Å². The van der Waals surface area contributed by atoms with Crippen molar-refractivity contribution in [2.45, 2.75) is 71.6 Å². The number of aromatic nitrogens is 1. The van der Waals surface area contributed by atoms with Crippen LogP contribution >= 0.6 is 0 Å². The molecule has 262 valence electrons. The van der Waals surface area contributed by atoms with Gasteiger partial charge in [0.2, 0.25) is 0 Å². The predicted molar refractivity (Wildman–Crippen MR) is 228 cm³/mol. The summed E-state index contributed by atoms with van der Waals surface area (Å²) in [7, 11) is 0. The summed E-state index contributed by atoms with van der Waals surface area (Å²) in [6.07, 6.45) is 0. The molecule has 0 saturated heterocycles. The number of benzene rings is 7. The Bertz CT molecular complexity index is 2580. The lowest BCUT2D eigenvalue weighted by Gasteiger charge is -2.29. The average Bonchev–Trinajstić information content (AvgIpc) is 3.59. The minimum atomic E-state index is -0.226. The second-order valence-corrected chi connectivity index (χ2v) is 17.5. The highest BCUT2D eigenvalue weighted by atomic mass is 15.1. The lowest BCUT2D eigenvalue weighted by Crippen LogP contribution is -2.17. The van der Waals surface area contributed by atoms with E-state index in [2.05, 4.69) is 210 Å². The molecule has 53 heavy (non-hydrogen) atoms.